The molecule has 0 aliphatic heterocycles. The lowest BCUT2D eigenvalue weighted by Gasteiger charge is -2.26. The third-order valence-corrected chi connectivity index (χ3v) is 14.1. The summed E-state index contributed by atoms with van der Waals surface area (Å²) in [6, 6.07) is 0. The van der Waals surface area contributed by atoms with Crippen LogP contribution in [0, 0.1) is 0 Å². The summed E-state index contributed by atoms with van der Waals surface area (Å²) in [7, 11) is 5.91. The zero-order chi connectivity index (χ0) is 61.9. The molecule has 9 heteroatoms. The molecule has 0 heterocycles. The molecule has 2 atom stereocenters. The van der Waals surface area contributed by atoms with E-state index in [0.717, 1.165) is 109 Å². The Kier molecular flexibility index (Phi) is 61.4. The molecule has 0 rings (SSSR count). The number of rotatable bonds is 61. The number of carboxylic acids is 1. The Morgan fingerprint density at radius 3 is 0.965 bits per heavy atom. The van der Waals surface area contributed by atoms with Gasteiger partial charge in [-0.15, -0.1) is 0 Å². The van der Waals surface area contributed by atoms with Gasteiger partial charge in [0.1, 0.15) is 13.2 Å². The summed E-state index contributed by atoms with van der Waals surface area (Å²) in [4.78, 5) is 37.4. The summed E-state index contributed by atoms with van der Waals surface area (Å²) < 4.78 is 22.7. The molecular weight excluding hydrogens is 1050 g/mol. The Hall–Kier alpha value is -4.83. The average Bonchev–Trinajstić information content (AvgIpc) is 3.49. The van der Waals surface area contributed by atoms with E-state index in [1.165, 1.54) is 109 Å². The standard InChI is InChI=1S/C76H125NO8/c1-6-8-10-12-14-16-18-20-22-24-26-28-29-30-31-32-33-34-35-36-37-38-39-40-41-42-43-44-45-47-49-51-53-55-57-59-61-63-65-67-74(79)85-72(71-84-76(75(80)81)82-69-68-77(3,4)5)70-83-73(78)66-64-62-60-58-56-54-52-50-48-46-27-25-23-21-19-17-15-13-11-9-7-2/h8-11,14-17,20-23,26-28,30-31,33-34,46,50,52,56,58,72,76H,6-7,12-13,18-19,24-25,29,32,35-45,47-49,51,53-55,57,59-71H2,1-5H3/b10-8-,11-9-,16-14-,17-15-,22-20-,23-21-,28-26-,31-30-,34-33-,46-27-,52-50-,58-56-. The lowest BCUT2D eigenvalue weighted by Crippen LogP contribution is -2.44. The van der Waals surface area contributed by atoms with Crippen LogP contribution in [0.2, 0.25) is 0 Å². The second-order valence-corrected chi connectivity index (χ2v) is 23.3. The molecule has 0 saturated heterocycles. The van der Waals surface area contributed by atoms with Crippen LogP contribution in [0.5, 0.6) is 0 Å². The van der Waals surface area contributed by atoms with Crippen LogP contribution in [0.3, 0.4) is 0 Å². The van der Waals surface area contributed by atoms with Crippen molar-refractivity contribution < 1.29 is 42.9 Å². The number of quaternary nitrogens is 1. The molecule has 85 heavy (non-hydrogen) atoms. The molecular formula is C76H125NO8. The Morgan fingerprint density at radius 2 is 0.635 bits per heavy atom. The van der Waals surface area contributed by atoms with Crippen LogP contribution >= 0.6 is 0 Å². The minimum atomic E-state index is -1.64. The smallest absolute Gasteiger partial charge is 0.306 e. The molecule has 0 fully saturated rings. The average molecular weight is 1180 g/mol. The van der Waals surface area contributed by atoms with Crippen molar-refractivity contribution in [1.82, 2.24) is 0 Å². The molecule has 0 amide bonds. The van der Waals surface area contributed by atoms with Gasteiger partial charge in [-0.3, -0.25) is 9.59 Å². The third kappa shape index (κ3) is 66.5. The maximum atomic E-state index is 12.9. The zero-order valence-electron chi connectivity index (χ0n) is 54.9. The molecule has 0 aromatic rings. The highest BCUT2D eigenvalue weighted by Crippen LogP contribution is 2.17. The third-order valence-electron chi connectivity index (χ3n) is 14.1. The predicted octanol–water partition coefficient (Wildman–Crippen LogP) is 19.8. The first-order valence-corrected chi connectivity index (χ1v) is 34.0. The fourth-order valence-corrected chi connectivity index (χ4v) is 8.96. The number of carbonyl (C=O) groups excluding carboxylic acids is 3. The highest BCUT2D eigenvalue weighted by atomic mass is 16.7. The maximum Gasteiger partial charge on any atom is 0.306 e. The Labute approximate surface area is 522 Å². The van der Waals surface area contributed by atoms with Crippen molar-refractivity contribution in [3.63, 3.8) is 0 Å². The van der Waals surface area contributed by atoms with Crippen LogP contribution in [0.4, 0.5) is 0 Å². The number of ether oxygens (including phenoxy) is 4. The first kappa shape index (κ1) is 80.2. The number of carbonyl (C=O) groups is 3. The van der Waals surface area contributed by atoms with Gasteiger partial charge in [0.25, 0.3) is 0 Å². The van der Waals surface area contributed by atoms with E-state index in [9.17, 15) is 19.5 Å². The van der Waals surface area contributed by atoms with E-state index in [-0.39, 0.29) is 32.7 Å². The normalized spacial score (nSPS) is 13.7. The molecule has 0 spiro atoms. The van der Waals surface area contributed by atoms with Crippen molar-refractivity contribution in [1.29, 1.82) is 0 Å². The zero-order valence-corrected chi connectivity index (χ0v) is 54.9. The van der Waals surface area contributed by atoms with Crippen LogP contribution in [0.1, 0.15) is 258 Å². The van der Waals surface area contributed by atoms with Gasteiger partial charge in [0, 0.05) is 12.8 Å². The van der Waals surface area contributed by atoms with E-state index in [4.69, 9.17) is 18.9 Å². The molecule has 0 aromatic heterocycles. The van der Waals surface area contributed by atoms with Crippen molar-refractivity contribution >= 4 is 17.9 Å². The van der Waals surface area contributed by atoms with Crippen LogP contribution in [-0.2, 0) is 33.3 Å². The van der Waals surface area contributed by atoms with Crippen LogP contribution < -0.4 is 5.11 Å². The van der Waals surface area contributed by atoms with Crippen LogP contribution in [0.15, 0.2) is 146 Å². The second-order valence-electron chi connectivity index (χ2n) is 23.3. The topological polar surface area (TPSA) is 111 Å². The van der Waals surface area contributed by atoms with Crippen molar-refractivity contribution in [2.75, 3.05) is 47.5 Å². The van der Waals surface area contributed by atoms with E-state index in [0.29, 0.717) is 23.9 Å². The number of allylic oxidation sites excluding steroid dienone is 24. The number of hydrogen-bond acceptors (Lipinski definition) is 8. The van der Waals surface area contributed by atoms with Crippen molar-refractivity contribution in [2.24, 2.45) is 0 Å². The Morgan fingerprint density at radius 1 is 0.353 bits per heavy atom. The van der Waals surface area contributed by atoms with E-state index in [2.05, 4.69) is 160 Å². The molecule has 0 N–H and O–H groups in total. The highest BCUT2D eigenvalue weighted by Gasteiger charge is 2.22. The van der Waals surface area contributed by atoms with Gasteiger partial charge in [0.15, 0.2) is 12.4 Å². The van der Waals surface area contributed by atoms with Gasteiger partial charge in [-0.05, 0) is 116 Å². The van der Waals surface area contributed by atoms with Gasteiger partial charge in [0.05, 0.1) is 40.3 Å². The van der Waals surface area contributed by atoms with E-state index in [1.54, 1.807) is 0 Å². The minimum absolute atomic E-state index is 0.135. The fourth-order valence-electron chi connectivity index (χ4n) is 8.96. The van der Waals surface area contributed by atoms with Gasteiger partial charge in [0.2, 0.25) is 0 Å². The van der Waals surface area contributed by atoms with Gasteiger partial charge in [-0.1, -0.05) is 275 Å². The van der Waals surface area contributed by atoms with E-state index >= 15 is 0 Å². The largest absolute Gasteiger partial charge is 0.545 e. The highest BCUT2D eigenvalue weighted by molar-refractivity contribution is 5.70. The van der Waals surface area contributed by atoms with Crippen LogP contribution in [0.25, 0.3) is 0 Å². The summed E-state index contributed by atoms with van der Waals surface area (Å²) in [5.41, 5.74) is 0. The minimum Gasteiger partial charge on any atom is -0.545 e. The number of carboxylic acid groups (broad SMARTS) is 1. The summed E-state index contributed by atoms with van der Waals surface area (Å²) in [5, 5.41) is 11.8. The molecule has 0 aliphatic rings. The second kappa shape index (κ2) is 65.2. The maximum absolute atomic E-state index is 12.9. The monoisotopic (exact) mass is 1180 g/mol. The lowest BCUT2D eigenvalue weighted by molar-refractivity contribution is -0.870. The van der Waals surface area contributed by atoms with Crippen molar-refractivity contribution in [3.8, 4) is 0 Å². The first-order chi connectivity index (χ1) is 41.6. The van der Waals surface area contributed by atoms with Gasteiger partial charge < -0.3 is 33.3 Å². The van der Waals surface area contributed by atoms with E-state index in [1.807, 2.05) is 21.1 Å². The predicted molar refractivity (Wildman–Crippen MR) is 361 cm³/mol. The summed E-state index contributed by atoms with van der Waals surface area (Å²) >= 11 is 0. The fraction of sp³-hybridized carbons (Fsp3) is 0.645. The molecule has 0 saturated carbocycles. The van der Waals surface area contributed by atoms with Crippen molar-refractivity contribution in [3.05, 3.63) is 146 Å². The Balaban J connectivity index is 4.11. The molecule has 0 aromatic carbocycles. The number of hydrogen-bond donors (Lipinski definition) is 0. The number of unbranched alkanes of at least 4 members (excludes halogenated alkanes) is 22. The van der Waals surface area contributed by atoms with Gasteiger partial charge in [-0.25, -0.2) is 0 Å². The lowest BCUT2D eigenvalue weighted by atomic mass is 10.0. The first-order valence-electron chi connectivity index (χ1n) is 34.0. The summed E-state index contributed by atoms with van der Waals surface area (Å²) in [6.07, 6.45) is 92.2. The molecule has 0 bridgehead atoms. The SMILES string of the molecule is CC/C=C\C/C=C\C/C=C\C/C=C\C/C=C\C/C=C\CCCCCCCCCCCCCCCCCCCCCCC(=O)OC(COC(=O)CCCC/C=C\C/C=C\C/C=C\C/C=C\C/C=C\C/C=C\CC)COC(OCC[N+](C)(C)C)C(=O)[O-]. The molecule has 482 valence electrons. The number of nitrogens with zero attached hydrogens (tertiary/aromatic N) is 1. The Bertz CT molecular complexity index is 1900. The van der Waals surface area contributed by atoms with Gasteiger partial charge >= 0.3 is 11.9 Å². The van der Waals surface area contributed by atoms with E-state index < -0.39 is 30.3 Å². The molecule has 0 aliphatic carbocycles. The van der Waals surface area contributed by atoms with Crippen LogP contribution in [-0.4, -0.2) is 82.3 Å². The molecule has 9 nitrogen and oxygen atoms in total. The number of likely N-dealkylation sites (N-methyl/N-ethyl adjacent to an activating group) is 1. The molecule has 0 radical (unpaired) electrons. The summed E-state index contributed by atoms with van der Waals surface area (Å²) in [6.45, 7) is 4.47. The van der Waals surface area contributed by atoms with Gasteiger partial charge in [-0.2, -0.15) is 0 Å². The number of esters is 2. The summed E-state index contributed by atoms with van der Waals surface area (Å²) in [5.74, 6) is -2.35. The quantitative estimate of drug-likeness (QED) is 0.0195. The molecule has 2 unspecified atom stereocenters. The number of aliphatic carboxylic acids is 1. The van der Waals surface area contributed by atoms with Crippen molar-refractivity contribution in [2.45, 2.75) is 270 Å².